The number of hydrogen-bond acceptors (Lipinski definition) is 4. The van der Waals surface area contributed by atoms with Gasteiger partial charge in [-0.2, -0.15) is 0 Å². The summed E-state index contributed by atoms with van der Waals surface area (Å²) in [6.07, 6.45) is 4.62. The van der Waals surface area contributed by atoms with Crippen molar-refractivity contribution in [3.05, 3.63) is 0 Å². The summed E-state index contributed by atoms with van der Waals surface area (Å²) in [5.41, 5.74) is 0. The molecule has 3 fully saturated rings. The summed E-state index contributed by atoms with van der Waals surface area (Å²) in [7, 11) is 0. The topological polar surface area (TPSA) is 79.0 Å². The van der Waals surface area contributed by atoms with Gasteiger partial charge in [-0.05, 0) is 32.1 Å². The zero-order valence-electron chi connectivity index (χ0n) is 16.8. The molecule has 3 heterocycles. The number of fused-ring (bicyclic) bond motifs is 2. The highest BCUT2D eigenvalue weighted by atomic mass is 16.5. The van der Waals surface area contributed by atoms with Crippen molar-refractivity contribution in [1.29, 1.82) is 0 Å². The Balaban J connectivity index is 1.45. The molecule has 3 aliphatic heterocycles. The van der Waals surface area contributed by atoms with Gasteiger partial charge in [0.05, 0.1) is 24.8 Å². The fourth-order valence-corrected chi connectivity index (χ4v) is 4.62. The smallest absolute Gasteiger partial charge is 0.225 e. The van der Waals surface area contributed by atoms with E-state index in [4.69, 9.17) is 4.74 Å². The molecule has 0 saturated carbocycles. The maximum absolute atomic E-state index is 12.5. The van der Waals surface area contributed by atoms with Crippen LogP contribution in [0.3, 0.4) is 0 Å². The van der Waals surface area contributed by atoms with Crippen molar-refractivity contribution in [3.8, 4) is 0 Å². The highest BCUT2D eigenvalue weighted by molar-refractivity contribution is 5.79. The van der Waals surface area contributed by atoms with Crippen LogP contribution in [0.4, 0.5) is 0 Å². The first-order chi connectivity index (χ1) is 12.9. The molecule has 3 atom stereocenters. The summed E-state index contributed by atoms with van der Waals surface area (Å²) in [5, 5.41) is 3.10. The van der Waals surface area contributed by atoms with Gasteiger partial charge in [-0.1, -0.05) is 13.8 Å². The van der Waals surface area contributed by atoms with Crippen LogP contribution in [0.5, 0.6) is 0 Å². The molecule has 1 N–H and O–H groups in total. The molecule has 0 spiro atoms. The number of amides is 3. The molecule has 0 aliphatic carbocycles. The van der Waals surface area contributed by atoms with E-state index in [1.165, 1.54) is 0 Å². The Labute approximate surface area is 161 Å². The van der Waals surface area contributed by atoms with Gasteiger partial charge in [-0.3, -0.25) is 14.4 Å². The van der Waals surface area contributed by atoms with Crippen molar-refractivity contribution in [1.82, 2.24) is 15.1 Å². The summed E-state index contributed by atoms with van der Waals surface area (Å²) in [4.78, 5) is 40.2. The fraction of sp³-hybridized carbons (Fsp3) is 0.850. The number of piperidine rings is 1. The van der Waals surface area contributed by atoms with Crippen molar-refractivity contribution in [3.63, 3.8) is 0 Å². The van der Waals surface area contributed by atoms with Gasteiger partial charge >= 0.3 is 0 Å². The minimum Gasteiger partial charge on any atom is -0.374 e. The van der Waals surface area contributed by atoms with E-state index in [-0.39, 0.29) is 47.9 Å². The third-order valence-electron chi connectivity index (χ3n) is 6.19. The quantitative estimate of drug-likeness (QED) is 0.781. The Morgan fingerprint density at radius 2 is 1.81 bits per heavy atom. The van der Waals surface area contributed by atoms with E-state index >= 15 is 0 Å². The van der Waals surface area contributed by atoms with E-state index in [1.807, 2.05) is 23.6 Å². The number of likely N-dealkylation sites (tertiary alicyclic amines) is 1. The minimum absolute atomic E-state index is 0.00369. The van der Waals surface area contributed by atoms with Crippen LogP contribution < -0.4 is 5.32 Å². The van der Waals surface area contributed by atoms with Crippen LogP contribution >= 0.6 is 0 Å². The van der Waals surface area contributed by atoms with Gasteiger partial charge in [-0.25, -0.2) is 0 Å². The van der Waals surface area contributed by atoms with Crippen LogP contribution in [0.1, 0.15) is 59.3 Å². The van der Waals surface area contributed by atoms with E-state index in [1.54, 1.807) is 6.92 Å². The molecule has 7 heteroatoms. The number of nitrogens with zero attached hydrogens (tertiary/aromatic N) is 2. The Hall–Kier alpha value is -1.63. The zero-order valence-corrected chi connectivity index (χ0v) is 16.8. The molecule has 7 nitrogen and oxygen atoms in total. The SMILES string of the molecule is CC(=O)N1CCC(NC(=O)CCC2OCC3CCC2N3C(=O)C(C)C)CC1. The zero-order chi connectivity index (χ0) is 19.6. The van der Waals surface area contributed by atoms with Gasteiger partial charge in [0.25, 0.3) is 0 Å². The molecule has 0 aromatic carbocycles. The lowest BCUT2D eigenvalue weighted by Crippen LogP contribution is -2.55. The van der Waals surface area contributed by atoms with Gasteiger partial charge in [0, 0.05) is 38.4 Å². The lowest BCUT2D eigenvalue weighted by atomic mass is 10.0. The molecule has 3 amide bonds. The molecule has 0 aromatic heterocycles. The predicted molar refractivity (Wildman–Crippen MR) is 101 cm³/mol. The summed E-state index contributed by atoms with van der Waals surface area (Å²) >= 11 is 0. The minimum atomic E-state index is -0.0447. The van der Waals surface area contributed by atoms with Crippen molar-refractivity contribution >= 4 is 17.7 Å². The highest BCUT2D eigenvalue weighted by Crippen LogP contribution is 2.35. The Morgan fingerprint density at radius 1 is 1.11 bits per heavy atom. The van der Waals surface area contributed by atoms with E-state index < -0.39 is 0 Å². The standard InChI is InChI=1S/C20H33N3O4/c1-13(2)20(26)23-16-4-5-17(23)18(27-12-16)6-7-19(25)21-15-8-10-22(11-9-15)14(3)24/h13,15-18H,4-12H2,1-3H3,(H,21,25). The monoisotopic (exact) mass is 379 g/mol. The third-order valence-corrected chi connectivity index (χ3v) is 6.19. The van der Waals surface area contributed by atoms with Crippen molar-refractivity contribution in [2.45, 2.75) is 83.5 Å². The predicted octanol–water partition coefficient (Wildman–Crippen LogP) is 1.31. The Kier molecular flexibility index (Phi) is 6.40. The summed E-state index contributed by atoms with van der Waals surface area (Å²) in [6.45, 7) is 7.48. The van der Waals surface area contributed by atoms with Crippen LogP contribution in [0.25, 0.3) is 0 Å². The molecule has 3 unspecified atom stereocenters. The first-order valence-corrected chi connectivity index (χ1v) is 10.4. The number of ether oxygens (including phenoxy) is 1. The number of morpholine rings is 1. The lowest BCUT2D eigenvalue weighted by molar-refractivity contribution is -0.151. The molecule has 0 aromatic rings. The molecule has 3 rings (SSSR count). The van der Waals surface area contributed by atoms with Gasteiger partial charge in [0.1, 0.15) is 0 Å². The number of hydrogen-bond donors (Lipinski definition) is 1. The fourth-order valence-electron chi connectivity index (χ4n) is 4.62. The van der Waals surface area contributed by atoms with Crippen LogP contribution in [-0.2, 0) is 19.1 Å². The number of rotatable bonds is 5. The van der Waals surface area contributed by atoms with Gasteiger partial charge in [0.15, 0.2) is 0 Å². The number of carbonyl (C=O) groups is 3. The second-order valence-corrected chi connectivity index (χ2v) is 8.46. The van der Waals surface area contributed by atoms with Gasteiger partial charge in [-0.15, -0.1) is 0 Å². The molecule has 0 radical (unpaired) electrons. The molecule has 2 bridgehead atoms. The molecule has 3 aliphatic rings. The first-order valence-electron chi connectivity index (χ1n) is 10.4. The molecular weight excluding hydrogens is 346 g/mol. The maximum Gasteiger partial charge on any atom is 0.225 e. The average molecular weight is 380 g/mol. The third kappa shape index (κ3) is 4.62. The van der Waals surface area contributed by atoms with Crippen LogP contribution in [0, 0.1) is 5.92 Å². The summed E-state index contributed by atoms with van der Waals surface area (Å²) in [6, 6.07) is 0.474. The largest absolute Gasteiger partial charge is 0.374 e. The van der Waals surface area contributed by atoms with Gasteiger partial charge in [0.2, 0.25) is 17.7 Å². The van der Waals surface area contributed by atoms with E-state index in [9.17, 15) is 14.4 Å². The second kappa shape index (κ2) is 8.59. The Morgan fingerprint density at radius 3 is 2.44 bits per heavy atom. The molecule has 27 heavy (non-hydrogen) atoms. The summed E-state index contributed by atoms with van der Waals surface area (Å²) in [5.74, 6) is 0.347. The first kappa shape index (κ1) is 20.1. The van der Waals surface area contributed by atoms with Crippen molar-refractivity contribution < 1.29 is 19.1 Å². The average Bonchev–Trinajstić information content (AvgIpc) is 2.94. The molecular formula is C20H33N3O4. The Bertz CT molecular complexity index is 572. The maximum atomic E-state index is 12.5. The van der Waals surface area contributed by atoms with E-state index in [0.717, 1.165) is 25.7 Å². The number of nitrogens with one attached hydrogen (secondary N) is 1. The highest BCUT2D eigenvalue weighted by Gasteiger charge is 2.45. The number of carbonyl (C=O) groups excluding carboxylic acids is 3. The van der Waals surface area contributed by atoms with Gasteiger partial charge < -0.3 is 19.9 Å². The van der Waals surface area contributed by atoms with Crippen LogP contribution in [-0.4, -0.2) is 71.4 Å². The molecule has 152 valence electrons. The van der Waals surface area contributed by atoms with E-state index in [2.05, 4.69) is 5.32 Å². The van der Waals surface area contributed by atoms with Crippen LogP contribution in [0.15, 0.2) is 0 Å². The van der Waals surface area contributed by atoms with Crippen molar-refractivity contribution in [2.75, 3.05) is 19.7 Å². The van der Waals surface area contributed by atoms with E-state index in [0.29, 0.717) is 32.5 Å². The van der Waals surface area contributed by atoms with Crippen molar-refractivity contribution in [2.24, 2.45) is 5.92 Å². The van der Waals surface area contributed by atoms with Crippen LogP contribution in [0.2, 0.25) is 0 Å². The second-order valence-electron chi connectivity index (χ2n) is 8.46. The molecule has 3 saturated heterocycles. The lowest BCUT2D eigenvalue weighted by Gasteiger charge is -2.41. The normalized spacial score (nSPS) is 28.5. The summed E-state index contributed by atoms with van der Waals surface area (Å²) < 4.78 is 5.99.